The van der Waals surface area contributed by atoms with Crippen molar-refractivity contribution >= 4 is 19.8 Å². The monoisotopic (exact) mass is 1350 g/mol. The second-order valence-corrected chi connectivity index (χ2v) is 31.6. The third kappa shape index (κ3) is 79.5. The highest BCUT2D eigenvalue weighted by Gasteiger charge is 2.22. The van der Waals surface area contributed by atoms with Crippen LogP contribution in [0.3, 0.4) is 0 Å². The van der Waals surface area contributed by atoms with Crippen molar-refractivity contribution in [3.8, 4) is 0 Å². The molecule has 0 heterocycles. The highest BCUT2D eigenvalue weighted by Crippen LogP contribution is 2.38. The summed E-state index contributed by atoms with van der Waals surface area (Å²) in [5, 5.41) is 0. The number of carbonyl (C=O) groups excluding carboxylic acids is 2. The molecule has 0 aliphatic heterocycles. The van der Waals surface area contributed by atoms with E-state index >= 15 is 0 Å². The van der Waals surface area contributed by atoms with Gasteiger partial charge < -0.3 is 27.9 Å². The lowest BCUT2D eigenvalue weighted by atomic mass is 10.0. The first-order chi connectivity index (χ1) is 46.0. The molecular formula is C84H164NO8P. The molecule has 94 heavy (non-hydrogen) atoms. The first-order valence-corrected chi connectivity index (χ1v) is 43.5. The van der Waals surface area contributed by atoms with Crippen LogP contribution in [0.2, 0.25) is 0 Å². The number of phosphoric acid groups is 1. The first-order valence-electron chi connectivity index (χ1n) is 42.0. The summed E-state index contributed by atoms with van der Waals surface area (Å²) in [6, 6.07) is 0. The molecule has 2 unspecified atom stereocenters. The average Bonchev–Trinajstić information content (AvgIpc) is 2.35. The molecule has 0 fully saturated rings. The lowest BCUT2D eigenvalue weighted by Gasteiger charge is -2.28. The fourth-order valence-corrected chi connectivity index (χ4v) is 13.7. The Labute approximate surface area is 587 Å². The molecule has 0 aliphatic carbocycles. The van der Waals surface area contributed by atoms with Crippen LogP contribution in [0.1, 0.15) is 450 Å². The molecule has 0 N–H and O–H groups in total. The van der Waals surface area contributed by atoms with Crippen molar-refractivity contribution in [2.24, 2.45) is 0 Å². The van der Waals surface area contributed by atoms with Crippen LogP contribution in [0.25, 0.3) is 0 Å². The van der Waals surface area contributed by atoms with Gasteiger partial charge in [0.2, 0.25) is 0 Å². The van der Waals surface area contributed by atoms with Gasteiger partial charge in [0.25, 0.3) is 7.82 Å². The molecule has 0 rings (SSSR count). The Morgan fingerprint density at radius 2 is 0.543 bits per heavy atom. The van der Waals surface area contributed by atoms with Crippen molar-refractivity contribution in [1.29, 1.82) is 0 Å². The van der Waals surface area contributed by atoms with Crippen molar-refractivity contribution in [3.05, 3.63) is 24.3 Å². The zero-order valence-corrected chi connectivity index (χ0v) is 64.9. The fourth-order valence-electron chi connectivity index (χ4n) is 13.0. The van der Waals surface area contributed by atoms with Crippen molar-refractivity contribution in [2.45, 2.75) is 457 Å². The predicted molar refractivity (Wildman–Crippen MR) is 407 cm³/mol. The van der Waals surface area contributed by atoms with E-state index in [0.717, 1.165) is 32.1 Å². The van der Waals surface area contributed by atoms with Crippen LogP contribution in [-0.4, -0.2) is 70.0 Å². The van der Waals surface area contributed by atoms with E-state index in [1.807, 2.05) is 21.1 Å². The van der Waals surface area contributed by atoms with Crippen molar-refractivity contribution in [3.63, 3.8) is 0 Å². The first kappa shape index (κ1) is 92.5. The molecule has 0 aromatic heterocycles. The second-order valence-electron chi connectivity index (χ2n) is 30.2. The fraction of sp³-hybridized carbons (Fsp3) is 0.929. The quantitative estimate of drug-likeness (QED) is 0.0195. The number of hydrogen-bond acceptors (Lipinski definition) is 8. The Morgan fingerprint density at radius 1 is 0.319 bits per heavy atom. The third-order valence-electron chi connectivity index (χ3n) is 19.4. The number of quaternary nitrogens is 1. The molecule has 0 bridgehead atoms. The highest BCUT2D eigenvalue weighted by atomic mass is 31.2. The molecule has 0 spiro atoms. The topological polar surface area (TPSA) is 111 Å². The van der Waals surface area contributed by atoms with Crippen molar-refractivity contribution in [1.82, 2.24) is 0 Å². The van der Waals surface area contributed by atoms with Gasteiger partial charge in [0.15, 0.2) is 6.10 Å². The number of esters is 2. The molecule has 0 saturated carbocycles. The molecule has 10 heteroatoms. The van der Waals surface area contributed by atoms with E-state index < -0.39 is 26.5 Å². The minimum Gasteiger partial charge on any atom is -0.756 e. The number of allylic oxidation sites excluding steroid dienone is 4. The summed E-state index contributed by atoms with van der Waals surface area (Å²) >= 11 is 0. The standard InChI is InChI=1S/C84H164NO8P/c1-6-8-10-12-14-16-18-20-22-24-26-28-30-32-34-36-38-40-42-44-46-48-50-52-54-56-58-60-62-64-66-68-70-72-74-76-83(86)90-80-82(81-92-94(88,89)91-79-78-85(3,4)5)93-84(87)77-75-73-71-69-67-65-63-61-59-57-55-53-51-49-47-45-43-41-39-37-35-33-31-29-27-25-23-21-19-17-15-13-11-9-7-2/h24-27,82H,6-23,28-81H2,1-5H3/b26-24-,27-25-. The SMILES string of the molecule is CCCCCCCCCC/C=C\CCCCCCCCCCCCCCCCCCCCCCCCCC(=O)OCC(COP(=O)([O-])OCC[N+](C)(C)C)OC(=O)CCCCCCCCCCCCCCCCCCCCCCCCC/C=C\CCCCCCCCCC. The number of phosphoric ester groups is 1. The smallest absolute Gasteiger partial charge is 0.306 e. The molecule has 0 aliphatic rings. The Balaban J connectivity index is 3.87. The summed E-state index contributed by atoms with van der Waals surface area (Å²) in [5.41, 5.74) is 0. The number of nitrogens with zero attached hydrogens (tertiary/aromatic N) is 1. The lowest BCUT2D eigenvalue weighted by molar-refractivity contribution is -0.870. The van der Waals surface area contributed by atoms with Gasteiger partial charge in [-0.3, -0.25) is 14.2 Å². The van der Waals surface area contributed by atoms with Gasteiger partial charge in [-0.25, -0.2) is 0 Å². The van der Waals surface area contributed by atoms with Gasteiger partial charge in [-0.15, -0.1) is 0 Å². The predicted octanol–water partition coefficient (Wildman–Crippen LogP) is 27.3. The maximum absolute atomic E-state index is 12.9. The van der Waals surface area contributed by atoms with E-state index in [2.05, 4.69) is 38.2 Å². The van der Waals surface area contributed by atoms with Crippen LogP contribution in [0, 0.1) is 0 Å². The van der Waals surface area contributed by atoms with Crippen LogP contribution < -0.4 is 4.89 Å². The number of carbonyl (C=O) groups is 2. The van der Waals surface area contributed by atoms with Crippen LogP contribution in [0.15, 0.2) is 24.3 Å². The van der Waals surface area contributed by atoms with E-state index in [1.165, 1.54) is 385 Å². The molecule has 0 radical (unpaired) electrons. The second kappa shape index (κ2) is 75.7. The number of unbranched alkanes of at least 4 members (excludes halogenated alkanes) is 62. The van der Waals surface area contributed by atoms with Gasteiger partial charge in [-0.1, -0.05) is 398 Å². The zero-order chi connectivity index (χ0) is 68.3. The van der Waals surface area contributed by atoms with Gasteiger partial charge in [0, 0.05) is 12.8 Å². The molecule has 0 amide bonds. The molecule has 0 aromatic carbocycles. The molecule has 558 valence electrons. The Morgan fingerprint density at radius 3 is 0.787 bits per heavy atom. The average molecular weight is 1350 g/mol. The summed E-state index contributed by atoms with van der Waals surface area (Å²) in [5.74, 6) is -0.803. The van der Waals surface area contributed by atoms with Gasteiger partial charge in [0.1, 0.15) is 19.8 Å². The summed E-state index contributed by atoms with van der Waals surface area (Å²) in [6.45, 7) is 4.33. The number of likely N-dealkylation sites (N-methyl/N-ethyl adjacent to an activating group) is 1. The van der Waals surface area contributed by atoms with Crippen LogP contribution in [0.4, 0.5) is 0 Å². The summed E-state index contributed by atoms with van der Waals surface area (Å²) in [7, 11) is 1.20. The van der Waals surface area contributed by atoms with E-state index in [9.17, 15) is 19.0 Å². The van der Waals surface area contributed by atoms with Gasteiger partial charge in [0.05, 0.1) is 27.7 Å². The normalized spacial score (nSPS) is 13.0. The lowest BCUT2D eigenvalue weighted by Crippen LogP contribution is -2.37. The highest BCUT2D eigenvalue weighted by molar-refractivity contribution is 7.45. The molecule has 0 saturated heterocycles. The summed E-state index contributed by atoms with van der Waals surface area (Å²) in [6.07, 6.45) is 97.6. The summed E-state index contributed by atoms with van der Waals surface area (Å²) in [4.78, 5) is 38.2. The molecule has 0 aromatic rings. The van der Waals surface area contributed by atoms with Crippen molar-refractivity contribution < 1.29 is 42.1 Å². The Hall–Kier alpha value is -1.51. The maximum Gasteiger partial charge on any atom is 0.306 e. The van der Waals surface area contributed by atoms with E-state index in [1.54, 1.807) is 0 Å². The molecule has 9 nitrogen and oxygen atoms in total. The number of hydrogen-bond donors (Lipinski definition) is 0. The van der Waals surface area contributed by atoms with Crippen molar-refractivity contribution in [2.75, 3.05) is 47.5 Å². The van der Waals surface area contributed by atoms with Crippen LogP contribution in [-0.2, 0) is 32.7 Å². The van der Waals surface area contributed by atoms with E-state index in [-0.39, 0.29) is 32.0 Å². The minimum absolute atomic E-state index is 0.0262. The van der Waals surface area contributed by atoms with Gasteiger partial charge in [-0.05, 0) is 64.2 Å². The molecule has 2 atom stereocenters. The van der Waals surface area contributed by atoms with Crippen LogP contribution in [0.5, 0.6) is 0 Å². The zero-order valence-electron chi connectivity index (χ0n) is 64.0. The molecular weight excluding hydrogens is 1180 g/mol. The number of rotatable bonds is 80. The summed E-state index contributed by atoms with van der Waals surface area (Å²) < 4.78 is 34.5. The Kier molecular flexibility index (Phi) is 74.5. The number of ether oxygens (including phenoxy) is 2. The van der Waals surface area contributed by atoms with Crippen LogP contribution >= 0.6 is 7.82 Å². The van der Waals surface area contributed by atoms with Gasteiger partial charge in [-0.2, -0.15) is 0 Å². The third-order valence-corrected chi connectivity index (χ3v) is 20.4. The van der Waals surface area contributed by atoms with Gasteiger partial charge >= 0.3 is 11.9 Å². The Bertz CT molecular complexity index is 1630. The maximum atomic E-state index is 12.9. The largest absolute Gasteiger partial charge is 0.756 e. The van der Waals surface area contributed by atoms with E-state index in [0.29, 0.717) is 17.4 Å². The van der Waals surface area contributed by atoms with E-state index in [4.69, 9.17) is 18.5 Å². The minimum atomic E-state index is -4.64.